The van der Waals surface area contributed by atoms with Gasteiger partial charge in [0.15, 0.2) is 0 Å². The van der Waals surface area contributed by atoms with Crippen LogP contribution in [0.1, 0.15) is 0 Å². The number of nitrogens with one attached hydrogen (secondary N) is 2. The van der Waals surface area contributed by atoms with E-state index < -0.39 is 11.9 Å². The van der Waals surface area contributed by atoms with Crippen molar-refractivity contribution in [2.75, 3.05) is 19.6 Å². The lowest BCUT2D eigenvalue weighted by Gasteiger charge is -2.33. The third-order valence-electron chi connectivity index (χ3n) is 2.40. The monoisotopic (exact) mass is 185 g/mol. The molecule has 6 nitrogen and oxygen atoms in total. The maximum absolute atomic E-state index is 11.5. The number of hydrogen-bond donors (Lipinski definition) is 3. The van der Waals surface area contributed by atoms with Crippen LogP contribution in [0.2, 0.25) is 0 Å². The summed E-state index contributed by atoms with van der Waals surface area (Å²) >= 11 is 0. The summed E-state index contributed by atoms with van der Waals surface area (Å²) < 4.78 is 0. The van der Waals surface area contributed by atoms with Crippen molar-refractivity contribution in [3.8, 4) is 0 Å². The van der Waals surface area contributed by atoms with E-state index in [1.807, 2.05) is 0 Å². The number of hydrogen-bond acceptors (Lipinski definition) is 4. The third-order valence-corrected chi connectivity index (χ3v) is 2.40. The molecule has 2 saturated heterocycles. The Balaban J connectivity index is 2.13. The number of fused-ring (bicyclic) bond motifs is 1. The van der Waals surface area contributed by atoms with Gasteiger partial charge in [0.25, 0.3) is 0 Å². The topological polar surface area (TPSA) is 81.7 Å². The molecule has 2 atom stereocenters. The fourth-order valence-corrected chi connectivity index (χ4v) is 1.69. The molecule has 2 unspecified atom stereocenters. The molecule has 0 aromatic rings. The smallest absolute Gasteiger partial charge is 0.317 e. The van der Waals surface area contributed by atoms with E-state index >= 15 is 0 Å². The van der Waals surface area contributed by atoms with Crippen molar-refractivity contribution < 1.29 is 14.7 Å². The van der Waals surface area contributed by atoms with Gasteiger partial charge in [-0.05, 0) is 0 Å². The van der Waals surface area contributed by atoms with Crippen LogP contribution in [0.3, 0.4) is 0 Å². The number of rotatable bonds is 1. The van der Waals surface area contributed by atoms with Gasteiger partial charge in [-0.1, -0.05) is 0 Å². The number of amides is 1. The van der Waals surface area contributed by atoms with E-state index in [1.165, 1.54) is 4.90 Å². The van der Waals surface area contributed by atoms with Gasteiger partial charge in [0.05, 0.1) is 0 Å². The second-order valence-corrected chi connectivity index (χ2v) is 3.19. The van der Waals surface area contributed by atoms with E-state index in [0.29, 0.717) is 6.54 Å². The summed E-state index contributed by atoms with van der Waals surface area (Å²) in [5, 5.41) is 14.7. The first kappa shape index (κ1) is 8.46. The molecule has 3 N–H and O–H groups in total. The maximum Gasteiger partial charge on any atom is 0.317 e. The van der Waals surface area contributed by atoms with Crippen molar-refractivity contribution in [2.45, 2.75) is 6.29 Å². The van der Waals surface area contributed by atoms with Crippen LogP contribution in [-0.2, 0) is 9.59 Å². The Morgan fingerprint density at radius 1 is 1.54 bits per heavy atom. The largest absolute Gasteiger partial charge is 0.481 e. The lowest BCUT2D eigenvalue weighted by Crippen LogP contribution is -2.60. The maximum atomic E-state index is 11.5. The number of carboxylic acid groups (broad SMARTS) is 1. The van der Waals surface area contributed by atoms with Gasteiger partial charge >= 0.3 is 5.97 Å². The molecule has 2 heterocycles. The normalized spacial score (nSPS) is 33.2. The Morgan fingerprint density at radius 2 is 2.31 bits per heavy atom. The second-order valence-electron chi connectivity index (χ2n) is 3.19. The van der Waals surface area contributed by atoms with Crippen molar-refractivity contribution in [3.05, 3.63) is 0 Å². The molecule has 0 saturated carbocycles. The van der Waals surface area contributed by atoms with Gasteiger partial charge in [-0.3, -0.25) is 20.2 Å². The highest BCUT2D eigenvalue weighted by Gasteiger charge is 2.40. The molecule has 0 bridgehead atoms. The summed E-state index contributed by atoms with van der Waals surface area (Å²) in [6.45, 7) is 1.51. The summed E-state index contributed by atoms with van der Waals surface area (Å²) in [6.07, 6.45) is -0.164. The Kier molecular flexibility index (Phi) is 1.93. The van der Waals surface area contributed by atoms with E-state index in [9.17, 15) is 9.59 Å². The summed E-state index contributed by atoms with van der Waals surface area (Å²) in [5.41, 5.74) is 0. The zero-order valence-electron chi connectivity index (χ0n) is 6.99. The molecular formula is C7H11N3O3. The molecule has 2 aliphatic heterocycles. The van der Waals surface area contributed by atoms with Gasteiger partial charge in [0, 0.05) is 19.6 Å². The van der Waals surface area contributed by atoms with Gasteiger partial charge in [0.2, 0.25) is 5.91 Å². The Bertz CT molecular complexity index is 255. The first-order valence-electron chi connectivity index (χ1n) is 4.20. The van der Waals surface area contributed by atoms with Crippen LogP contribution in [-0.4, -0.2) is 47.8 Å². The molecule has 0 aromatic carbocycles. The minimum absolute atomic E-state index is 0.164. The third kappa shape index (κ3) is 1.27. The Morgan fingerprint density at radius 3 is 3.00 bits per heavy atom. The molecule has 13 heavy (non-hydrogen) atoms. The average molecular weight is 185 g/mol. The quantitative estimate of drug-likeness (QED) is 0.412. The summed E-state index contributed by atoms with van der Waals surface area (Å²) in [4.78, 5) is 23.7. The fraction of sp³-hybridized carbons (Fsp3) is 0.714. The van der Waals surface area contributed by atoms with Crippen LogP contribution < -0.4 is 10.6 Å². The molecular weight excluding hydrogens is 174 g/mol. The summed E-state index contributed by atoms with van der Waals surface area (Å²) in [7, 11) is 0. The first-order valence-corrected chi connectivity index (χ1v) is 4.20. The highest BCUT2D eigenvalue weighted by atomic mass is 16.4. The molecule has 0 aliphatic carbocycles. The lowest BCUT2D eigenvalue weighted by molar-refractivity contribution is -0.154. The molecule has 2 aliphatic rings. The van der Waals surface area contributed by atoms with E-state index in [2.05, 4.69) is 10.6 Å². The molecule has 2 fully saturated rings. The Labute approximate surface area is 74.9 Å². The first-order chi connectivity index (χ1) is 6.20. The molecule has 1 amide bonds. The number of carboxylic acids is 1. The summed E-state index contributed by atoms with van der Waals surface area (Å²) in [5.74, 6) is -2.26. The number of aliphatic carboxylic acids is 1. The standard InChI is InChI=1S/C7H11N3O3/c11-5-4(6(12)13)3-9-7-8-1-2-10(5)7/h4,7-9H,1-3H2,(H,12,13). The molecule has 2 rings (SSSR count). The highest BCUT2D eigenvalue weighted by molar-refractivity contribution is 5.98. The van der Waals surface area contributed by atoms with Crippen LogP contribution in [0, 0.1) is 5.92 Å². The number of carbonyl (C=O) groups is 2. The van der Waals surface area contributed by atoms with Crippen LogP contribution >= 0.6 is 0 Å². The van der Waals surface area contributed by atoms with Crippen LogP contribution in [0.15, 0.2) is 0 Å². The van der Waals surface area contributed by atoms with Gasteiger partial charge in [-0.15, -0.1) is 0 Å². The zero-order valence-corrected chi connectivity index (χ0v) is 6.99. The van der Waals surface area contributed by atoms with Crippen molar-refractivity contribution in [3.63, 3.8) is 0 Å². The lowest BCUT2D eigenvalue weighted by atomic mass is 10.1. The van der Waals surface area contributed by atoms with E-state index in [1.54, 1.807) is 0 Å². The van der Waals surface area contributed by atoms with Gasteiger partial charge in [0.1, 0.15) is 12.2 Å². The predicted octanol–water partition coefficient (Wildman–Crippen LogP) is -1.99. The van der Waals surface area contributed by atoms with Crippen LogP contribution in [0.25, 0.3) is 0 Å². The highest BCUT2D eigenvalue weighted by Crippen LogP contribution is 2.13. The number of nitrogens with zero attached hydrogens (tertiary/aromatic N) is 1. The minimum Gasteiger partial charge on any atom is -0.481 e. The molecule has 0 radical (unpaired) electrons. The van der Waals surface area contributed by atoms with E-state index in [4.69, 9.17) is 5.11 Å². The fourth-order valence-electron chi connectivity index (χ4n) is 1.69. The number of carbonyl (C=O) groups excluding carboxylic acids is 1. The molecule has 72 valence electrons. The minimum atomic E-state index is -1.05. The van der Waals surface area contributed by atoms with E-state index in [0.717, 1.165) is 6.54 Å². The average Bonchev–Trinajstić information content (AvgIpc) is 2.52. The zero-order chi connectivity index (χ0) is 9.42. The van der Waals surface area contributed by atoms with Crippen molar-refractivity contribution in [2.24, 2.45) is 5.92 Å². The van der Waals surface area contributed by atoms with E-state index in [-0.39, 0.29) is 18.7 Å². The Hall–Kier alpha value is -1.14. The molecule has 0 spiro atoms. The predicted molar refractivity (Wildman–Crippen MR) is 42.6 cm³/mol. The van der Waals surface area contributed by atoms with Crippen molar-refractivity contribution >= 4 is 11.9 Å². The summed E-state index contributed by atoms with van der Waals surface area (Å²) in [6, 6.07) is 0. The van der Waals surface area contributed by atoms with Gasteiger partial charge in [-0.2, -0.15) is 0 Å². The van der Waals surface area contributed by atoms with Crippen molar-refractivity contribution in [1.29, 1.82) is 0 Å². The second kappa shape index (κ2) is 2.97. The van der Waals surface area contributed by atoms with Crippen molar-refractivity contribution in [1.82, 2.24) is 15.5 Å². The molecule has 0 aromatic heterocycles. The van der Waals surface area contributed by atoms with Gasteiger partial charge in [-0.25, -0.2) is 0 Å². The van der Waals surface area contributed by atoms with Crippen LogP contribution in [0.4, 0.5) is 0 Å². The van der Waals surface area contributed by atoms with Gasteiger partial charge < -0.3 is 10.0 Å². The SMILES string of the molecule is O=C(O)C1CNC2NCCN2C1=O. The van der Waals surface area contributed by atoms with Crippen LogP contribution in [0.5, 0.6) is 0 Å². The molecule has 6 heteroatoms.